The summed E-state index contributed by atoms with van der Waals surface area (Å²) in [7, 11) is -3.00. The van der Waals surface area contributed by atoms with Gasteiger partial charge in [-0.25, -0.2) is 8.42 Å². The fourth-order valence-electron chi connectivity index (χ4n) is 3.71. The van der Waals surface area contributed by atoms with Gasteiger partial charge in [-0.3, -0.25) is 9.58 Å². The Bertz CT molecular complexity index is 620. The molecule has 3 rings (SSSR count). The number of hydrogen-bond donors (Lipinski definition) is 0. The van der Waals surface area contributed by atoms with E-state index in [-0.39, 0.29) is 5.92 Å². The summed E-state index contributed by atoms with van der Waals surface area (Å²) in [4.78, 5) is 2.21. The molecule has 0 aromatic carbocycles. The molecule has 1 aromatic rings. The Morgan fingerprint density at radius 1 is 1.41 bits per heavy atom. The van der Waals surface area contributed by atoms with Gasteiger partial charge in [-0.05, 0) is 20.3 Å². The maximum atomic E-state index is 12.5. The molecule has 2 fully saturated rings. The Balaban J connectivity index is 1.65. The van der Waals surface area contributed by atoms with Gasteiger partial charge in [-0.2, -0.15) is 5.10 Å². The predicted octanol–water partition coefficient (Wildman–Crippen LogP) is 0.929. The van der Waals surface area contributed by atoms with Crippen LogP contribution in [0.4, 0.5) is 0 Å². The number of likely N-dealkylation sites (tertiary alicyclic amines) is 1. The van der Waals surface area contributed by atoms with Crippen LogP contribution in [0.15, 0.2) is 12.4 Å². The maximum Gasteiger partial charge on any atom is 0.158 e. The van der Waals surface area contributed by atoms with E-state index in [4.69, 9.17) is 4.74 Å². The summed E-state index contributed by atoms with van der Waals surface area (Å²) in [6, 6.07) is 0. The van der Waals surface area contributed by atoms with Crippen LogP contribution in [0.1, 0.15) is 25.8 Å². The molecule has 0 amide bonds. The van der Waals surface area contributed by atoms with Crippen LogP contribution in [-0.4, -0.2) is 59.9 Å². The van der Waals surface area contributed by atoms with E-state index < -0.39 is 14.6 Å². The fraction of sp³-hybridized carbons (Fsp3) is 0.800. The fourth-order valence-corrected chi connectivity index (χ4v) is 6.16. The van der Waals surface area contributed by atoms with Crippen molar-refractivity contribution in [2.24, 2.45) is 5.92 Å². The van der Waals surface area contributed by atoms with Gasteiger partial charge < -0.3 is 4.74 Å². The van der Waals surface area contributed by atoms with E-state index in [0.717, 1.165) is 25.1 Å². The standard InChI is InChI=1S/C15H25N3O3S/c1-3-18-9-13(7-16-18)8-17-11-15(12-17)14(10-21-4-2)5-6-22(15,19)20/h7,9,14H,3-6,8,10-12H2,1-2H3. The molecular formula is C15H25N3O3S. The predicted molar refractivity (Wildman–Crippen MR) is 84.3 cm³/mol. The average molecular weight is 327 g/mol. The molecule has 0 aliphatic carbocycles. The third kappa shape index (κ3) is 2.59. The van der Waals surface area contributed by atoms with Gasteiger partial charge in [0.2, 0.25) is 0 Å². The van der Waals surface area contributed by atoms with Crippen LogP contribution in [0.25, 0.3) is 0 Å². The summed E-state index contributed by atoms with van der Waals surface area (Å²) >= 11 is 0. The van der Waals surface area contributed by atoms with Crippen LogP contribution in [0.2, 0.25) is 0 Å². The molecule has 0 saturated carbocycles. The summed E-state index contributed by atoms with van der Waals surface area (Å²) < 4.78 is 31.8. The lowest BCUT2D eigenvalue weighted by Gasteiger charge is -2.50. The zero-order valence-electron chi connectivity index (χ0n) is 13.4. The Labute approximate surface area is 132 Å². The van der Waals surface area contributed by atoms with Crippen molar-refractivity contribution < 1.29 is 13.2 Å². The quantitative estimate of drug-likeness (QED) is 0.778. The number of aryl methyl sites for hydroxylation is 1. The Hall–Kier alpha value is -0.920. The molecule has 124 valence electrons. The Morgan fingerprint density at radius 2 is 2.18 bits per heavy atom. The molecule has 6 nitrogen and oxygen atoms in total. The number of hydrogen-bond acceptors (Lipinski definition) is 5. The molecule has 0 bridgehead atoms. The van der Waals surface area contributed by atoms with E-state index >= 15 is 0 Å². The van der Waals surface area contributed by atoms with Crippen molar-refractivity contribution in [3.8, 4) is 0 Å². The molecule has 1 aromatic heterocycles. The van der Waals surface area contributed by atoms with Gasteiger partial charge in [0, 0.05) is 50.5 Å². The lowest BCUT2D eigenvalue weighted by Crippen LogP contribution is -2.67. The average Bonchev–Trinajstić information content (AvgIpc) is 3.00. The second-order valence-electron chi connectivity index (χ2n) is 6.38. The van der Waals surface area contributed by atoms with E-state index in [1.165, 1.54) is 0 Å². The van der Waals surface area contributed by atoms with E-state index in [2.05, 4.69) is 16.9 Å². The van der Waals surface area contributed by atoms with Gasteiger partial charge in [0.25, 0.3) is 0 Å². The highest BCUT2D eigenvalue weighted by Crippen LogP contribution is 2.45. The first kappa shape index (κ1) is 16.0. The Morgan fingerprint density at radius 3 is 2.82 bits per heavy atom. The van der Waals surface area contributed by atoms with Crippen LogP contribution in [0, 0.1) is 5.92 Å². The first-order valence-electron chi connectivity index (χ1n) is 8.04. The van der Waals surface area contributed by atoms with E-state index in [9.17, 15) is 8.42 Å². The summed E-state index contributed by atoms with van der Waals surface area (Å²) in [6.45, 7) is 8.11. The molecule has 2 aliphatic rings. The van der Waals surface area contributed by atoms with E-state index in [0.29, 0.717) is 32.1 Å². The molecule has 2 aliphatic heterocycles. The van der Waals surface area contributed by atoms with E-state index in [1.807, 2.05) is 24.0 Å². The summed E-state index contributed by atoms with van der Waals surface area (Å²) in [5.74, 6) is 0.457. The van der Waals surface area contributed by atoms with Crippen LogP contribution in [0.3, 0.4) is 0 Å². The van der Waals surface area contributed by atoms with Gasteiger partial charge in [0.1, 0.15) is 4.75 Å². The second kappa shape index (κ2) is 5.94. The lowest BCUT2D eigenvalue weighted by molar-refractivity contribution is 0.0292. The van der Waals surface area contributed by atoms with Crippen molar-refractivity contribution in [1.29, 1.82) is 0 Å². The highest BCUT2D eigenvalue weighted by atomic mass is 32.2. The van der Waals surface area contributed by atoms with Crippen molar-refractivity contribution >= 4 is 9.84 Å². The van der Waals surface area contributed by atoms with Crippen molar-refractivity contribution in [1.82, 2.24) is 14.7 Å². The molecule has 0 N–H and O–H groups in total. The number of sulfone groups is 1. The van der Waals surface area contributed by atoms with Crippen molar-refractivity contribution in [2.45, 2.75) is 38.1 Å². The first-order chi connectivity index (χ1) is 10.5. The molecule has 1 spiro atoms. The maximum absolute atomic E-state index is 12.5. The summed E-state index contributed by atoms with van der Waals surface area (Å²) in [6.07, 6.45) is 4.64. The molecule has 3 heterocycles. The largest absolute Gasteiger partial charge is 0.381 e. The molecule has 0 radical (unpaired) electrons. The van der Waals surface area contributed by atoms with E-state index in [1.54, 1.807) is 0 Å². The van der Waals surface area contributed by atoms with Crippen molar-refractivity contribution in [3.63, 3.8) is 0 Å². The SMILES string of the molecule is CCOCC1CCS(=O)(=O)C12CN(Cc1cnn(CC)c1)C2. The molecule has 1 unspecified atom stereocenters. The van der Waals surface area contributed by atoms with Gasteiger partial charge >= 0.3 is 0 Å². The second-order valence-corrected chi connectivity index (χ2v) is 8.83. The molecule has 1 atom stereocenters. The van der Waals surface area contributed by atoms with Crippen LogP contribution >= 0.6 is 0 Å². The van der Waals surface area contributed by atoms with Gasteiger partial charge in [-0.15, -0.1) is 0 Å². The summed E-state index contributed by atoms with van der Waals surface area (Å²) in [5, 5.41) is 4.27. The third-order valence-electron chi connectivity index (χ3n) is 5.02. The minimum Gasteiger partial charge on any atom is -0.381 e. The number of rotatable bonds is 6. The Kier molecular flexibility index (Phi) is 4.31. The molecule has 22 heavy (non-hydrogen) atoms. The van der Waals surface area contributed by atoms with Crippen LogP contribution < -0.4 is 0 Å². The van der Waals surface area contributed by atoms with Gasteiger partial charge in [0.15, 0.2) is 9.84 Å². The highest BCUT2D eigenvalue weighted by Gasteiger charge is 2.61. The zero-order valence-corrected chi connectivity index (χ0v) is 14.2. The third-order valence-corrected chi connectivity index (χ3v) is 7.62. The minimum absolute atomic E-state index is 0.145. The topological polar surface area (TPSA) is 64.4 Å². The normalized spacial score (nSPS) is 26.4. The van der Waals surface area contributed by atoms with Gasteiger partial charge in [0.05, 0.1) is 18.6 Å². The molecule has 7 heteroatoms. The molecule has 2 saturated heterocycles. The summed E-state index contributed by atoms with van der Waals surface area (Å²) in [5.41, 5.74) is 1.15. The lowest BCUT2D eigenvalue weighted by atomic mass is 9.83. The van der Waals surface area contributed by atoms with Gasteiger partial charge in [-0.1, -0.05) is 0 Å². The van der Waals surface area contributed by atoms with Crippen LogP contribution in [-0.2, 0) is 27.7 Å². The van der Waals surface area contributed by atoms with Crippen molar-refractivity contribution in [3.05, 3.63) is 18.0 Å². The first-order valence-corrected chi connectivity index (χ1v) is 9.69. The highest BCUT2D eigenvalue weighted by molar-refractivity contribution is 7.93. The number of ether oxygens (including phenoxy) is 1. The number of nitrogens with zero attached hydrogens (tertiary/aromatic N) is 3. The number of aromatic nitrogens is 2. The van der Waals surface area contributed by atoms with Crippen LogP contribution in [0.5, 0.6) is 0 Å². The monoisotopic (exact) mass is 327 g/mol. The van der Waals surface area contributed by atoms with Crippen molar-refractivity contribution in [2.75, 3.05) is 32.1 Å². The smallest absolute Gasteiger partial charge is 0.158 e. The minimum atomic E-state index is -3.00. The molecular weight excluding hydrogens is 302 g/mol. The zero-order chi connectivity index (χ0) is 15.8.